The highest BCUT2D eigenvalue weighted by Gasteiger charge is 2.16. The number of hydrogen-bond donors (Lipinski definition) is 1. The molecule has 1 atom stereocenters. The molecule has 0 spiro atoms. The van der Waals surface area contributed by atoms with Gasteiger partial charge in [-0.1, -0.05) is 0 Å². The minimum atomic E-state index is 0.258. The molecule has 0 aliphatic heterocycles. The van der Waals surface area contributed by atoms with Crippen molar-refractivity contribution in [3.63, 3.8) is 0 Å². The van der Waals surface area contributed by atoms with Crippen LogP contribution in [0, 0.1) is 0 Å². The van der Waals surface area contributed by atoms with Gasteiger partial charge in [-0.25, -0.2) is 0 Å². The number of nitrogens with zero attached hydrogens (tertiary/aromatic N) is 4. The predicted octanol–water partition coefficient (Wildman–Crippen LogP) is -0.0867. The summed E-state index contributed by atoms with van der Waals surface area (Å²) >= 11 is 0. The van der Waals surface area contributed by atoms with E-state index in [0.29, 0.717) is 6.54 Å². The smallest absolute Gasteiger partial charge is 0.0538 e. The Morgan fingerprint density at radius 2 is 2.06 bits per heavy atom. The largest absolute Gasteiger partial charge is 0.329 e. The lowest BCUT2D eigenvalue weighted by atomic mass is 10.1. The van der Waals surface area contributed by atoms with Crippen LogP contribution in [0.2, 0.25) is 0 Å². The highest BCUT2D eigenvalue weighted by molar-refractivity contribution is 5.10. The average Bonchev–Trinajstić information content (AvgIpc) is 2.63. The minimum absolute atomic E-state index is 0.258. The van der Waals surface area contributed by atoms with Crippen molar-refractivity contribution < 1.29 is 0 Å². The van der Waals surface area contributed by atoms with Gasteiger partial charge in [0.25, 0.3) is 0 Å². The summed E-state index contributed by atoms with van der Waals surface area (Å²) in [6.45, 7) is 2.66. The van der Waals surface area contributed by atoms with Crippen LogP contribution in [0.4, 0.5) is 0 Å². The van der Waals surface area contributed by atoms with Gasteiger partial charge in [-0.15, -0.1) is 0 Å². The molecule has 0 aliphatic rings. The maximum absolute atomic E-state index is 5.83. The van der Waals surface area contributed by atoms with Gasteiger partial charge in [0, 0.05) is 44.5 Å². The van der Waals surface area contributed by atoms with Crippen molar-refractivity contribution in [2.45, 2.75) is 6.04 Å². The molecule has 0 saturated heterocycles. The molecular formula is C11H23N5. The fraction of sp³-hybridized carbons (Fsp3) is 0.727. The van der Waals surface area contributed by atoms with E-state index < -0.39 is 0 Å². The van der Waals surface area contributed by atoms with Gasteiger partial charge in [-0.05, 0) is 21.1 Å². The highest BCUT2D eigenvalue weighted by Crippen LogP contribution is 2.16. The summed E-state index contributed by atoms with van der Waals surface area (Å²) in [5.74, 6) is 0. The third-order valence-electron chi connectivity index (χ3n) is 2.76. The van der Waals surface area contributed by atoms with Crippen molar-refractivity contribution >= 4 is 0 Å². The third kappa shape index (κ3) is 3.59. The normalized spacial score (nSPS) is 13.7. The molecule has 1 heterocycles. The van der Waals surface area contributed by atoms with Crippen LogP contribution in [0.1, 0.15) is 11.6 Å². The summed E-state index contributed by atoms with van der Waals surface area (Å²) in [5.41, 5.74) is 7.02. The van der Waals surface area contributed by atoms with Crippen molar-refractivity contribution in [1.29, 1.82) is 0 Å². The maximum atomic E-state index is 5.83. The first-order chi connectivity index (χ1) is 7.54. The number of likely N-dealkylation sites (N-methyl/N-ethyl adjacent to an activating group) is 2. The number of hydrogen-bond acceptors (Lipinski definition) is 4. The molecule has 0 saturated carbocycles. The van der Waals surface area contributed by atoms with Crippen molar-refractivity contribution in [2.24, 2.45) is 12.8 Å². The Balaban J connectivity index is 2.59. The first-order valence-corrected chi connectivity index (χ1v) is 5.58. The molecule has 16 heavy (non-hydrogen) atoms. The molecule has 0 aromatic carbocycles. The van der Waals surface area contributed by atoms with E-state index in [1.807, 2.05) is 24.1 Å². The highest BCUT2D eigenvalue weighted by atomic mass is 15.3. The second kappa shape index (κ2) is 5.98. The Hall–Kier alpha value is -0.910. The van der Waals surface area contributed by atoms with Crippen molar-refractivity contribution in [3.8, 4) is 0 Å². The van der Waals surface area contributed by atoms with Gasteiger partial charge in [0.1, 0.15) is 0 Å². The van der Waals surface area contributed by atoms with Crippen LogP contribution < -0.4 is 5.73 Å². The van der Waals surface area contributed by atoms with Gasteiger partial charge in [0.2, 0.25) is 0 Å². The van der Waals surface area contributed by atoms with Crippen LogP contribution in [0.3, 0.4) is 0 Å². The van der Waals surface area contributed by atoms with E-state index in [0.717, 1.165) is 13.1 Å². The maximum Gasteiger partial charge on any atom is 0.0538 e. The summed E-state index contributed by atoms with van der Waals surface area (Å²) in [6.07, 6.45) is 3.92. The van der Waals surface area contributed by atoms with Gasteiger partial charge in [-0.3, -0.25) is 9.58 Å². The second-order valence-corrected chi connectivity index (χ2v) is 4.48. The van der Waals surface area contributed by atoms with Crippen LogP contribution >= 0.6 is 0 Å². The fourth-order valence-electron chi connectivity index (χ4n) is 1.70. The Bertz CT molecular complexity index is 307. The minimum Gasteiger partial charge on any atom is -0.329 e. The monoisotopic (exact) mass is 225 g/mol. The zero-order valence-corrected chi connectivity index (χ0v) is 10.7. The molecule has 1 aromatic rings. The van der Waals surface area contributed by atoms with Crippen LogP contribution in [-0.2, 0) is 7.05 Å². The molecule has 0 radical (unpaired) electrons. The van der Waals surface area contributed by atoms with Crippen molar-refractivity contribution in [3.05, 3.63) is 18.0 Å². The van der Waals surface area contributed by atoms with Gasteiger partial charge in [-0.2, -0.15) is 5.10 Å². The molecule has 0 fully saturated rings. The molecule has 0 bridgehead atoms. The first kappa shape index (κ1) is 13.2. The first-order valence-electron chi connectivity index (χ1n) is 5.58. The summed E-state index contributed by atoms with van der Waals surface area (Å²) < 4.78 is 1.82. The van der Waals surface area contributed by atoms with E-state index in [4.69, 9.17) is 5.73 Å². The Kier molecular flexibility index (Phi) is 4.92. The SMILES string of the molecule is CN(C)CCN(C)C(CN)c1cnn(C)c1. The van der Waals surface area contributed by atoms with E-state index in [-0.39, 0.29) is 6.04 Å². The number of nitrogens with two attached hydrogens (primary N) is 1. The molecule has 5 heteroatoms. The lowest BCUT2D eigenvalue weighted by Gasteiger charge is -2.27. The molecule has 0 amide bonds. The van der Waals surface area contributed by atoms with Gasteiger partial charge >= 0.3 is 0 Å². The fourth-order valence-corrected chi connectivity index (χ4v) is 1.70. The summed E-state index contributed by atoms with van der Waals surface area (Å²) in [7, 11) is 8.19. The quantitative estimate of drug-likeness (QED) is 0.735. The summed E-state index contributed by atoms with van der Waals surface area (Å²) in [4.78, 5) is 4.45. The lowest BCUT2D eigenvalue weighted by molar-refractivity contribution is 0.222. The molecule has 5 nitrogen and oxygen atoms in total. The van der Waals surface area contributed by atoms with E-state index in [9.17, 15) is 0 Å². The molecule has 1 aromatic heterocycles. The van der Waals surface area contributed by atoms with Gasteiger partial charge < -0.3 is 10.6 Å². The van der Waals surface area contributed by atoms with E-state index in [1.165, 1.54) is 5.56 Å². The van der Waals surface area contributed by atoms with Crippen LogP contribution in [-0.4, -0.2) is 60.4 Å². The van der Waals surface area contributed by atoms with E-state index >= 15 is 0 Å². The zero-order valence-electron chi connectivity index (χ0n) is 10.7. The van der Waals surface area contributed by atoms with Crippen LogP contribution in [0.5, 0.6) is 0 Å². The average molecular weight is 225 g/mol. The third-order valence-corrected chi connectivity index (χ3v) is 2.76. The van der Waals surface area contributed by atoms with E-state index in [1.54, 1.807) is 0 Å². The molecule has 1 unspecified atom stereocenters. The summed E-state index contributed by atoms with van der Waals surface area (Å²) in [5, 5.41) is 4.19. The van der Waals surface area contributed by atoms with Gasteiger partial charge in [0.15, 0.2) is 0 Å². The standard InChI is InChI=1S/C11H23N5/c1-14(2)5-6-15(3)11(7-12)10-8-13-16(4)9-10/h8-9,11H,5-7,12H2,1-4H3. The second-order valence-electron chi connectivity index (χ2n) is 4.48. The molecule has 0 aliphatic carbocycles. The molecule has 1 rings (SSSR count). The summed E-state index contributed by atoms with van der Waals surface area (Å²) in [6, 6.07) is 0.258. The van der Waals surface area contributed by atoms with Gasteiger partial charge in [0.05, 0.1) is 6.20 Å². The Labute approximate surface area is 97.8 Å². The Morgan fingerprint density at radius 1 is 1.38 bits per heavy atom. The van der Waals surface area contributed by atoms with Crippen molar-refractivity contribution in [2.75, 3.05) is 40.8 Å². The van der Waals surface area contributed by atoms with Crippen molar-refractivity contribution in [1.82, 2.24) is 19.6 Å². The zero-order chi connectivity index (χ0) is 12.1. The number of aryl methyl sites for hydroxylation is 1. The predicted molar refractivity (Wildman–Crippen MR) is 66.2 cm³/mol. The molecule has 92 valence electrons. The Morgan fingerprint density at radius 3 is 2.50 bits per heavy atom. The lowest BCUT2D eigenvalue weighted by Crippen LogP contribution is -2.35. The van der Waals surface area contributed by atoms with Crippen LogP contribution in [0.15, 0.2) is 12.4 Å². The molecule has 2 N–H and O–H groups in total. The number of aromatic nitrogens is 2. The van der Waals surface area contributed by atoms with E-state index in [2.05, 4.69) is 36.0 Å². The number of rotatable bonds is 6. The topological polar surface area (TPSA) is 50.3 Å². The molecular weight excluding hydrogens is 202 g/mol. The van der Waals surface area contributed by atoms with Crippen LogP contribution in [0.25, 0.3) is 0 Å².